The van der Waals surface area contributed by atoms with Crippen LogP contribution in [0.3, 0.4) is 0 Å². The number of guanidine groups is 1. The molecule has 0 spiro atoms. The van der Waals surface area contributed by atoms with Crippen LogP contribution in [0.4, 0.5) is 0 Å². The number of hydrogen-bond acceptors (Lipinski definition) is 3. The highest BCUT2D eigenvalue weighted by Gasteiger charge is 2.16. The van der Waals surface area contributed by atoms with Gasteiger partial charge in [-0.1, -0.05) is 26.2 Å². The number of esters is 1. The predicted octanol–water partition coefficient (Wildman–Crippen LogP) is 2.30. The number of carbonyl (C=O) groups is 1. The van der Waals surface area contributed by atoms with E-state index in [1.807, 2.05) is 13.8 Å². The van der Waals surface area contributed by atoms with E-state index in [1.165, 1.54) is 39.2 Å². The van der Waals surface area contributed by atoms with Gasteiger partial charge in [-0.15, -0.1) is 24.0 Å². The standard InChI is InChI=1S/C14H27N3O2.HI/c1-4-15-14(16-10-11(2)13(18)19-3)17-12-8-6-5-7-9-12;/h11-12H,4-10H2,1-3H3,(H2,15,16,17);1H. The maximum absolute atomic E-state index is 11.3. The van der Waals surface area contributed by atoms with Crippen molar-refractivity contribution in [2.24, 2.45) is 10.9 Å². The van der Waals surface area contributed by atoms with Gasteiger partial charge in [-0.2, -0.15) is 0 Å². The molecule has 0 aromatic carbocycles. The number of aliphatic imine (C=N–C) groups is 1. The van der Waals surface area contributed by atoms with E-state index in [1.54, 1.807) is 0 Å². The zero-order valence-electron chi connectivity index (χ0n) is 12.8. The van der Waals surface area contributed by atoms with Crippen molar-refractivity contribution < 1.29 is 9.53 Å². The summed E-state index contributed by atoms with van der Waals surface area (Å²) in [6.45, 7) is 5.15. The Labute approximate surface area is 139 Å². The number of nitrogens with zero attached hydrogens (tertiary/aromatic N) is 1. The van der Waals surface area contributed by atoms with E-state index < -0.39 is 0 Å². The smallest absolute Gasteiger partial charge is 0.310 e. The summed E-state index contributed by atoms with van der Waals surface area (Å²) in [6.07, 6.45) is 6.32. The fraction of sp³-hybridized carbons (Fsp3) is 0.857. The predicted molar refractivity (Wildman–Crippen MR) is 92.6 cm³/mol. The Bertz CT molecular complexity index is 305. The zero-order chi connectivity index (χ0) is 14.1. The van der Waals surface area contributed by atoms with Crippen molar-refractivity contribution in [3.63, 3.8) is 0 Å². The molecule has 0 aromatic rings. The molecule has 6 heteroatoms. The van der Waals surface area contributed by atoms with Crippen LogP contribution in [0, 0.1) is 5.92 Å². The Balaban J connectivity index is 0.00000361. The first-order valence-corrected chi connectivity index (χ1v) is 7.30. The highest BCUT2D eigenvalue weighted by Crippen LogP contribution is 2.17. The van der Waals surface area contributed by atoms with Crippen LogP contribution in [0.25, 0.3) is 0 Å². The molecule has 1 atom stereocenters. The van der Waals surface area contributed by atoms with Gasteiger partial charge in [-0.3, -0.25) is 9.79 Å². The van der Waals surface area contributed by atoms with Crippen LogP contribution < -0.4 is 10.6 Å². The van der Waals surface area contributed by atoms with Gasteiger partial charge in [-0.05, 0) is 19.8 Å². The van der Waals surface area contributed by atoms with Crippen molar-refractivity contribution >= 4 is 35.9 Å². The average molecular weight is 397 g/mol. The topological polar surface area (TPSA) is 62.7 Å². The third-order valence-electron chi connectivity index (χ3n) is 3.42. The number of nitrogens with one attached hydrogen (secondary N) is 2. The van der Waals surface area contributed by atoms with Gasteiger partial charge in [0, 0.05) is 12.6 Å². The molecule has 0 radical (unpaired) electrons. The first kappa shape index (κ1) is 19.5. The number of halogens is 1. The Morgan fingerprint density at radius 1 is 1.35 bits per heavy atom. The molecule has 1 rings (SSSR count). The van der Waals surface area contributed by atoms with Gasteiger partial charge in [-0.25, -0.2) is 0 Å². The van der Waals surface area contributed by atoms with Gasteiger partial charge in [0.25, 0.3) is 0 Å². The molecule has 1 unspecified atom stereocenters. The average Bonchev–Trinajstić information content (AvgIpc) is 2.44. The van der Waals surface area contributed by atoms with E-state index in [0.29, 0.717) is 12.6 Å². The van der Waals surface area contributed by atoms with Crippen molar-refractivity contribution in [2.75, 3.05) is 20.2 Å². The van der Waals surface area contributed by atoms with Gasteiger partial charge < -0.3 is 15.4 Å². The molecule has 0 heterocycles. The minimum Gasteiger partial charge on any atom is -0.469 e. The summed E-state index contributed by atoms with van der Waals surface area (Å²) in [5, 5.41) is 6.68. The Morgan fingerprint density at radius 2 is 2.00 bits per heavy atom. The molecule has 5 nitrogen and oxygen atoms in total. The van der Waals surface area contributed by atoms with Crippen LogP contribution in [0.15, 0.2) is 4.99 Å². The molecule has 0 amide bonds. The van der Waals surface area contributed by atoms with Gasteiger partial charge in [0.05, 0.1) is 19.6 Å². The molecule has 0 aromatic heterocycles. The van der Waals surface area contributed by atoms with E-state index in [4.69, 9.17) is 4.74 Å². The van der Waals surface area contributed by atoms with Crippen molar-refractivity contribution in [3.8, 4) is 0 Å². The third-order valence-corrected chi connectivity index (χ3v) is 3.42. The zero-order valence-corrected chi connectivity index (χ0v) is 15.1. The van der Waals surface area contributed by atoms with Gasteiger partial charge in [0.1, 0.15) is 0 Å². The summed E-state index contributed by atoms with van der Waals surface area (Å²) < 4.78 is 4.71. The molecule has 0 aliphatic heterocycles. The second-order valence-corrected chi connectivity index (χ2v) is 5.12. The second-order valence-electron chi connectivity index (χ2n) is 5.12. The highest BCUT2D eigenvalue weighted by molar-refractivity contribution is 14.0. The van der Waals surface area contributed by atoms with Gasteiger partial charge in [0.15, 0.2) is 5.96 Å². The maximum atomic E-state index is 11.3. The SMILES string of the molecule is CCNC(=NCC(C)C(=O)OC)NC1CCCCC1.I. The fourth-order valence-corrected chi connectivity index (χ4v) is 2.26. The quantitative estimate of drug-likeness (QED) is 0.324. The minimum absolute atomic E-state index is 0. The van der Waals surface area contributed by atoms with E-state index in [2.05, 4.69) is 15.6 Å². The number of methoxy groups -OCH3 is 1. The molecule has 1 saturated carbocycles. The Kier molecular flexibility index (Phi) is 10.9. The van der Waals surface area contributed by atoms with Gasteiger partial charge in [0.2, 0.25) is 0 Å². The molecule has 0 bridgehead atoms. The molecular weight excluding hydrogens is 369 g/mol. The van der Waals surface area contributed by atoms with E-state index in [0.717, 1.165) is 12.5 Å². The first-order chi connectivity index (χ1) is 9.17. The monoisotopic (exact) mass is 397 g/mol. The lowest BCUT2D eigenvalue weighted by molar-refractivity contribution is -0.144. The van der Waals surface area contributed by atoms with Crippen molar-refractivity contribution in [3.05, 3.63) is 0 Å². The van der Waals surface area contributed by atoms with Crippen LogP contribution in [0.2, 0.25) is 0 Å². The summed E-state index contributed by atoms with van der Waals surface area (Å²) in [5.74, 6) is 0.397. The summed E-state index contributed by atoms with van der Waals surface area (Å²) in [5.41, 5.74) is 0. The number of rotatable bonds is 5. The van der Waals surface area contributed by atoms with Crippen LogP contribution in [-0.2, 0) is 9.53 Å². The first-order valence-electron chi connectivity index (χ1n) is 7.30. The van der Waals surface area contributed by atoms with E-state index in [9.17, 15) is 4.79 Å². The van der Waals surface area contributed by atoms with Crippen molar-refractivity contribution in [2.45, 2.75) is 52.0 Å². The Hall–Kier alpha value is -0.530. The summed E-state index contributed by atoms with van der Waals surface area (Å²) in [6, 6.07) is 0.514. The largest absolute Gasteiger partial charge is 0.469 e. The van der Waals surface area contributed by atoms with Crippen LogP contribution in [0.1, 0.15) is 46.0 Å². The molecule has 0 saturated heterocycles. The lowest BCUT2D eigenvalue weighted by Gasteiger charge is -2.25. The lowest BCUT2D eigenvalue weighted by atomic mass is 9.96. The second kappa shape index (κ2) is 11.2. The molecule has 118 valence electrons. The van der Waals surface area contributed by atoms with E-state index in [-0.39, 0.29) is 35.9 Å². The van der Waals surface area contributed by atoms with Crippen molar-refractivity contribution in [1.82, 2.24) is 10.6 Å². The molecule has 20 heavy (non-hydrogen) atoms. The number of ether oxygens (including phenoxy) is 1. The number of carbonyl (C=O) groups excluding carboxylic acids is 1. The molecule has 1 aliphatic rings. The maximum Gasteiger partial charge on any atom is 0.310 e. The van der Waals surface area contributed by atoms with Crippen LogP contribution in [0.5, 0.6) is 0 Å². The molecular formula is C14H28IN3O2. The third kappa shape index (κ3) is 7.31. The van der Waals surface area contributed by atoms with Crippen molar-refractivity contribution in [1.29, 1.82) is 0 Å². The molecule has 1 aliphatic carbocycles. The van der Waals surface area contributed by atoms with Crippen LogP contribution in [-0.4, -0.2) is 38.2 Å². The lowest BCUT2D eigenvalue weighted by Crippen LogP contribution is -2.44. The number of hydrogen-bond donors (Lipinski definition) is 2. The minimum atomic E-state index is -0.211. The van der Waals surface area contributed by atoms with Gasteiger partial charge >= 0.3 is 5.97 Å². The highest BCUT2D eigenvalue weighted by atomic mass is 127. The molecule has 2 N–H and O–H groups in total. The summed E-state index contributed by atoms with van der Waals surface area (Å²) in [7, 11) is 1.41. The summed E-state index contributed by atoms with van der Waals surface area (Å²) >= 11 is 0. The van der Waals surface area contributed by atoms with E-state index >= 15 is 0 Å². The Morgan fingerprint density at radius 3 is 2.55 bits per heavy atom. The summed E-state index contributed by atoms with van der Waals surface area (Å²) in [4.78, 5) is 15.8. The fourth-order valence-electron chi connectivity index (χ4n) is 2.26. The van der Waals surface area contributed by atoms with Crippen LogP contribution >= 0.6 is 24.0 Å². The normalized spacial score (nSPS) is 17.9. The molecule has 1 fully saturated rings.